The topological polar surface area (TPSA) is 92.6 Å². The normalized spacial score (nSPS) is 17.9. The van der Waals surface area contributed by atoms with Crippen molar-refractivity contribution in [1.82, 2.24) is 9.97 Å². The fourth-order valence-corrected chi connectivity index (χ4v) is 6.57. The molecule has 5 rings (SSSR count). The van der Waals surface area contributed by atoms with E-state index in [0.29, 0.717) is 22.9 Å². The second kappa shape index (κ2) is 9.35. The number of aliphatic hydroxyl groups excluding tert-OH is 1. The molecule has 7 nitrogen and oxygen atoms in total. The minimum Gasteiger partial charge on any atom is -0.487 e. The Balaban J connectivity index is 1.48. The summed E-state index contributed by atoms with van der Waals surface area (Å²) in [6.07, 6.45) is 7.85. The maximum atomic E-state index is 14.0. The molecule has 2 aromatic carbocycles. The number of anilines is 1. The third kappa shape index (κ3) is 4.40. The third-order valence-electron chi connectivity index (χ3n) is 6.74. The summed E-state index contributed by atoms with van der Waals surface area (Å²) in [5.41, 5.74) is 4.21. The SMILES string of the molecule is CCc1ccc2c(c1)CC[C@@H](C1CC1)N2S(=O)(=O)c1ccc(OCc2ccncn2)c(CO)c1. The molecule has 1 saturated carbocycles. The number of ether oxygens (including phenoxy) is 1. The summed E-state index contributed by atoms with van der Waals surface area (Å²) in [5.74, 6) is 0.840. The highest BCUT2D eigenvalue weighted by Crippen LogP contribution is 2.45. The predicted molar refractivity (Wildman–Crippen MR) is 129 cm³/mol. The number of hydrogen-bond acceptors (Lipinski definition) is 6. The number of aliphatic hydroxyl groups is 1. The van der Waals surface area contributed by atoms with E-state index in [-0.39, 0.29) is 24.2 Å². The predicted octanol–water partition coefficient (Wildman–Crippen LogP) is 4.03. The zero-order valence-electron chi connectivity index (χ0n) is 19.2. The van der Waals surface area contributed by atoms with Crippen molar-refractivity contribution in [3.8, 4) is 5.75 Å². The van der Waals surface area contributed by atoms with Gasteiger partial charge < -0.3 is 9.84 Å². The average Bonchev–Trinajstić information content (AvgIpc) is 3.72. The molecule has 2 aliphatic rings. The van der Waals surface area contributed by atoms with Gasteiger partial charge in [-0.25, -0.2) is 18.4 Å². The van der Waals surface area contributed by atoms with Crippen LogP contribution in [-0.2, 0) is 36.1 Å². The summed E-state index contributed by atoms with van der Waals surface area (Å²) >= 11 is 0. The van der Waals surface area contributed by atoms with Gasteiger partial charge >= 0.3 is 0 Å². The van der Waals surface area contributed by atoms with Crippen LogP contribution in [0.1, 0.15) is 48.6 Å². The molecule has 0 saturated heterocycles. The molecule has 1 N–H and O–H groups in total. The van der Waals surface area contributed by atoms with Crippen LogP contribution in [0, 0.1) is 5.92 Å². The molecular weight excluding hydrogens is 450 g/mol. The van der Waals surface area contributed by atoms with Crippen LogP contribution in [0.15, 0.2) is 59.9 Å². The van der Waals surface area contributed by atoms with E-state index in [2.05, 4.69) is 23.0 Å². The van der Waals surface area contributed by atoms with Crippen LogP contribution in [0.5, 0.6) is 5.75 Å². The maximum absolute atomic E-state index is 14.0. The number of aromatic nitrogens is 2. The molecular formula is C26H29N3O4S. The van der Waals surface area contributed by atoms with Gasteiger partial charge in [0.1, 0.15) is 18.7 Å². The molecule has 0 radical (unpaired) electrons. The van der Waals surface area contributed by atoms with Crippen LogP contribution in [0.3, 0.4) is 0 Å². The largest absolute Gasteiger partial charge is 0.487 e. The van der Waals surface area contributed by atoms with Crippen molar-refractivity contribution in [2.75, 3.05) is 4.31 Å². The monoisotopic (exact) mass is 479 g/mol. The zero-order chi connectivity index (χ0) is 23.7. The number of sulfonamides is 1. The van der Waals surface area contributed by atoms with Crippen molar-refractivity contribution in [2.24, 2.45) is 5.92 Å². The quantitative estimate of drug-likeness (QED) is 0.524. The van der Waals surface area contributed by atoms with Gasteiger partial charge in [-0.1, -0.05) is 19.1 Å². The Labute approximate surface area is 200 Å². The Bertz CT molecular complexity index is 1280. The van der Waals surface area contributed by atoms with Crippen molar-refractivity contribution in [1.29, 1.82) is 0 Å². The fraction of sp³-hybridized carbons (Fsp3) is 0.385. The molecule has 1 fully saturated rings. The van der Waals surface area contributed by atoms with E-state index in [0.717, 1.165) is 43.4 Å². The van der Waals surface area contributed by atoms with Crippen LogP contribution in [-0.4, -0.2) is 29.5 Å². The van der Waals surface area contributed by atoms with Gasteiger partial charge in [0.25, 0.3) is 10.0 Å². The minimum absolute atomic E-state index is 0.0313. The third-order valence-corrected chi connectivity index (χ3v) is 8.58. The van der Waals surface area contributed by atoms with Crippen molar-refractivity contribution in [3.05, 3.63) is 77.4 Å². The second-order valence-electron chi connectivity index (χ2n) is 8.98. The lowest BCUT2D eigenvalue weighted by Gasteiger charge is -2.38. The maximum Gasteiger partial charge on any atom is 0.264 e. The molecule has 1 atom stereocenters. The molecule has 1 aliphatic carbocycles. The van der Waals surface area contributed by atoms with Crippen molar-refractivity contribution < 1.29 is 18.3 Å². The minimum atomic E-state index is -3.82. The Hall–Kier alpha value is -2.97. The van der Waals surface area contributed by atoms with E-state index in [4.69, 9.17) is 4.74 Å². The first-order valence-corrected chi connectivity index (χ1v) is 13.2. The van der Waals surface area contributed by atoms with E-state index in [1.54, 1.807) is 28.7 Å². The van der Waals surface area contributed by atoms with Gasteiger partial charge in [0.05, 0.1) is 22.9 Å². The lowest BCUT2D eigenvalue weighted by Crippen LogP contribution is -2.45. The van der Waals surface area contributed by atoms with Crippen LogP contribution in [0.2, 0.25) is 0 Å². The zero-order valence-corrected chi connectivity index (χ0v) is 20.0. The molecule has 0 bridgehead atoms. The van der Waals surface area contributed by atoms with Gasteiger partial charge in [0.2, 0.25) is 0 Å². The highest BCUT2D eigenvalue weighted by Gasteiger charge is 2.43. The van der Waals surface area contributed by atoms with E-state index in [1.165, 1.54) is 18.0 Å². The summed E-state index contributed by atoms with van der Waals surface area (Å²) in [6, 6.07) is 12.6. The van der Waals surface area contributed by atoms with Gasteiger partial charge in [-0.15, -0.1) is 0 Å². The summed E-state index contributed by atoms with van der Waals surface area (Å²) in [5, 5.41) is 9.97. The molecule has 34 heavy (non-hydrogen) atoms. The highest BCUT2D eigenvalue weighted by molar-refractivity contribution is 7.92. The number of benzene rings is 2. The lowest BCUT2D eigenvalue weighted by molar-refractivity contribution is 0.257. The van der Waals surface area contributed by atoms with E-state index >= 15 is 0 Å². The van der Waals surface area contributed by atoms with E-state index < -0.39 is 10.0 Å². The summed E-state index contributed by atoms with van der Waals surface area (Å²) in [4.78, 5) is 8.19. The highest BCUT2D eigenvalue weighted by atomic mass is 32.2. The van der Waals surface area contributed by atoms with Gasteiger partial charge in [0, 0.05) is 17.8 Å². The van der Waals surface area contributed by atoms with Crippen molar-refractivity contribution >= 4 is 15.7 Å². The summed E-state index contributed by atoms with van der Waals surface area (Å²) in [7, 11) is -3.82. The second-order valence-corrected chi connectivity index (χ2v) is 10.8. The van der Waals surface area contributed by atoms with Gasteiger partial charge in [0.15, 0.2) is 0 Å². The van der Waals surface area contributed by atoms with Crippen LogP contribution in [0.4, 0.5) is 5.69 Å². The van der Waals surface area contributed by atoms with Crippen LogP contribution >= 0.6 is 0 Å². The van der Waals surface area contributed by atoms with Crippen LogP contribution in [0.25, 0.3) is 0 Å². The van der Waals surface area contributed by atoms with Crippen LogP contribution < -0.4 is 9.04 Å². The Morgan fingerprint density at radius 3 is 2.68 bits per heavy atom. The number of hydrogen-bond donors (Lipinski definition) is 1. The molecule has 2 heterocycles. The van der Waals surface area contributed by atoms with E-state index in [1.807, 2.05) is 12.1 Å². The molecule has 0 unspecified atom stereocenters. The smallest absolute Gasteiger partial charge is 0.264 e. The molecule has 178 valence electrons. The number of aryl methyl sites for hydroxylation is 2. The Kier molecular flexibility index (Phi) is 6.27. The first-order valence-electron chi connectivity index (χ1n) is 11.8. The molecule has 1 aliphatic heterocycles. The molecule has 0 amide bonds. The summed E-state index contributed by atoms with van der Waals surface area (Å²) < 4.78 is 35.5. The first kappa shape index (κ1) is 22.8. The Morgan fingerprint density at radius 2 is 1.97 bits per heavy atom. The van der Waals surface area contributed by atoms with Gasteiger partial charge in [-0.2, -0.15) is 0 Å². The molecule has 0 spiro atoms. The van der Waals surface area contributed by atoms with Crippen molar-refractivity contribution in [3.63, 3.8) is 0 Å². The molecule has 3 aromatic rings. The van der Waals surface area contributed by atoms with Gasteiger partial charge in [-0.05, 0) is 79.5 Å². The standard InChI is InChI=1S/C26H29N3O4S/c1-2-18-3-8-25-20(13-18)6-9-24(19-4-5-19)29(25)34(31,32)23-7-10-26(21(14-23)15-30)33-16-22-11-12-27-17-28-22/h3,7-8,10-14,17,19,24,30H,2,4-6,9,15-16H2,1H3/t24-/m0/s1. The Morgan fingerprint density at radius 1 is 1.12 bits per heavy atom. The van der Waals surface area contributed by atoms with E-state index in [9.17, 15) is 13.5 Å². The first-order chi connectivity index (χ1) is 16.5. The fourth-order valence-electron chi connectivity index (χ4n) is 4.74. The molecule has 8 heteroatoms. The number of rotatable bonds is 8. The van der Waals surface area contributed by atoms with Crippen molar-refractivity contribution in [2.45, 2.75) is 63.2 Å². The number of nitrogens with zero attached hydrogens (tertiary/aromatic N) is 3. The number of fused-ring (bicyclic) bond motifs is 1. The average molecular weight is 480 g/mol. The summed E-state index contributed by atoms with van der Waals surface area (Å²) in [6.45, 7) is 1.98. The van der Waals surface area contributed by atoms with Gasteiger partial charge in [-0.3, -0.25) is 4.31 Å². The molecule has 1 aromatic heterocycles. The lowest BCUT2D eigenvalue weighted by atomic mass is 9.93.